The summed E-state index contributed by atoms with van der Waals surface area (Å²) in [5.41, 5.74) is 4.51. The fourth-order valence-corrected chi connectivity index (χ4v) is 5.00. The van der Waals surface area contributed by atoms with Gasteiger partial charge in [-0.25, -0.2) is 4.98 Å². The molecule has 1 aromatic heterocycles. The number of carbonyl (C=O) groups excluding carboxylic acids is 3. The van der Waals surface area contributed by atoms with Gasteiger partial charge in [-0.3, -0.25) is 19.3 Å². The summed E-state index contributed by atoms with van der Waals surface area (Å²) in [6.07, 6.45) is 0.687. The zero-order valence-corrected chi connectivity index (χ0v) is 20.7. The second-order valence-corrected chi connectivity index (χ2v) is 9.55. The minimum Gasteiger partial charge on any atom is -0.353 e. The molecule has 3 heterocycles. The molecule has 1 fully saturated rings. The Balaban J connectivity index is 1.32. The zero-order valence-electron chi connectivity index (χ0n) is 20.7. The summed E-state index contributed by atoms with van der Waals surface area (Å²) < 4.78 is 0. The van der Waals surface area contributed by atoms with E-state index in [9.17, 15) is 14.4 Å². The van der Waals surface area contributed by atoms with Gasteiger partial charge in [0.25, 0.3) is 17.7 Å². The summed E-state index contributed by atoms with van der Waals surface area (Å²) in [6, 6.07) is 13.0. The molecular formula is C28H30N4O3. The van der Waals surface area contributed by atoms with Gasteiger partial charge in [-0.15, -0.1) is 0 Å². The number of imide groups is 1. The predicted molar refractivity (Wildman–Crippen MR) is 136 cm³/mol. The molecule has 0 N–H and O–H groups in total. The number of rotatable bonds is 4. The van der Waals surface area contributed by atoms with E-state index in [-0.39, 0.29) is 23.8 Å². The van der Waals surface area contributed by atoms with Crippen molar-refractivity contribution >= 4 is 34.4 Å². The van der Waals surface area contributed by atoms with E-state index in [0.717, 1.165) is 16.9 Å². The highest BCUT2D eigenvalue weighted by atomic mass is 16.2. The average molecular weight is 471 g/mol. The number of hydrogen-bond acceptors (Lipinski definition) is 5. The van der Waals surface area contributed by atoms with Gasteiger partial charge in [0.15, 0.2) is 0 Å². The van der Waals surface area contributed by atoms with Crippen LogP contribution in [-0.2, 0) is 0 Å². The molecule has 2 aromatic carbocycles. The third-order valence-electron chi connectivity index (χ3n) is 7.32. The second kappa shape index (κ2) is 8.80. The van der Waals surface area contributed by atoms with Crippen molar-refractivity contribution in [2.75, 3.05) is 31.1 Å². The van der Waals surface area contributed by atoms with Gasteiger partial charge in [0.2, 0.25) is 0 Å². The number of carbonyl (C=O) groups is 3. The van der Waals surface area contributed by atoms with E-state index in [2.05, 4.69) is 43.0 Å². The number of piperazine rings is 1. The molecule has 0 spiro atoms. The lowest BCUT2D eigenvalue weighted by Crippen LogP contribution is -2.49. The smallest absolute Gasteiger partial charge is 0.261 e. The lowest BCUT2D eigenvalue weighted by molar-refractivity contribution is 0.0593. The molecule has 7 nitrogen and oxygen atoms in total. The highest BCUT2D eigenvalue weighted by Crippen LogP contribution is 2.28. The van der Waals surface area contributed by atoms with Crippen molar-refractivity contribution in [2.45, 2.75) is 40.2 Å². The number of hydrogen-bond donors (Lipinski definition) is 0. The van der Waals surface area contributed by atoms with Crippen molar-refractivity contribution < 1.29 is 14.4 Å². The number of amides is 3. The number of anilines is 1. The van der Waals surface area contributed by atoms with Crippen LogP contribution in [0.5, 0.6) is 0 Å². The fourth-order valence-electron chi connectivity index (χ4n) is 5.00. The minimum atomic E-state index is -0.313. The van der Waals surface area contributed by atoms with Crippen molar-refractivity contribution in [1.82, 2.24) is 14.8 Å². The number of nitrogens with zero attached hydrogens (tertiary/aromatic N) is 4. The molecule has 1 atom stereocenters. The molecule has 1 saturated heterocycles. The third-order valence-corrected chi connectivity index (χ3v) is 7.32. The maximum Gasteiger partial charge on any atom is 0.261 e. The van der Waals surface area contributed by atoms with Crippen LogP contribution < -0.4 is 4.90 Å². The van der Waals surface area contributed by atoms with Crippen LogP contribution in [0.4, 0.5) is 5.82 Å². The number of benzene rings is 2. The van der Waals surface area contributed by atoms with E-state index < -0.39 is 0 Å². The van der Waals surface area contributed by atoms with Gasteiger partial charge in [0, 0.05) is 43.2 Å². The Morgan fingerprint density at radius 1 is 0.943 bits per heavy atom. The first kappa shape index (κ1) is 23.0. The molecule has 180 valence electrons. The maximum atomic E-state index is 13.3. The summed E-state index contributed by atoms with van der Waals surface area (Å²) >= 11 is 0. The topological polar surface area (TPSA) is 73.8 Å². The lowest BCUT2D eigenvalue weighted by atomic mass is 10.0. The Morgan fingerprint density at radius 2 is 1.66 bits per heavy atom. The van der Waals surface area contributed by atoms with Crippen molar-refractivity contribution in [2.24, 2.45) is 0 Å². The standard InChI is InChI=1S/C28H30N4O3/c1-5-19(4)32-27(34)22-10-9-20(16-23(22)28(32)35)26(33)31-13-11-30(12-14-31)24-15-18(3)21-8-6-7-17(2)25(21)29-24/h6-10,15-16,19H,5,11-14H2,1-4H3. The maximum absolute atomic E-state index is 13.3. The van der Waals surface area contributed by atoms with Gasteiger partial charge in [-0.05, 0) is 62.6 Å². The number of para-hydroxylation sites is 1. The van der Waals surface area contributed by atoms with Crippen LogP contribution in [0.3, 0.4) is 0 Å². The van der Waals surface area contributed by atoms with Crippen molar-refractivity contribution in [1.29, 1.82) is 0 Å². The summed E-state index contributed by atoms with van der Waals surface area (Å²) in [5.74, 6) is 0.226. The van der Waals surface area contributed by atoms with Crippen LogP contribution in [0.25, 0.3) is 10.9 Å². The normalized spacial score (nSPS) is 16.7. The van der Waals surface area contributed by atoms with Gasteiger partial charge in [-0.1, -0.05) is 25.1 Å². The van der Waals surface area contributed by atoms with E-state index in [1.807, 2.05) is 18.7 Å². The average Bonchev–Trinajstić information content (AvgIpc) is 3.13. The number of fused-ring (bicyclic) bond motifs is 2. The molecule has 35 heavy (non-hydrogen) atoms. The molecule has 0 aliphatic carbocycles. The van der Waals surface area contributed by atoms with Gasteiger partial charge in [0.05, 0.1) is 16.6 Å². The van der Waals surface area contributed by atoms with E-state index >= 15 is 0 Å². The van der Waals surface area contributed by atoms with Gasteiger partial charge < -0.3 is 9.80 Å². The van der Waals surface area contributed by atoms with Crippen LogP contribution in [0.2, 0.25) is 0 Å². The van der Waals surface area contributed by atoms with Crippen LogP contribution >= 0.6 is 0 Å². The SMILES string of the molecule is CCC(C)N1C(=O)c2ccc(C(=O)N3CCN(c4cc(C)c5cccc(C)c5n4)CC3)cc2C1=O. The Hall–Kier alpha value is -3.74. The van der Waals surface area contributed by atoms with E-state index in [1.165, 1.54) is 15.8 Å². The van der Waals surface area contributed by atoms with Crippen molar-refractivity contribution in [3.05, 3.63) is 70.3 Å². The van der Waals surface area contributed by atoms with Crippen LogP contribution in [0.15, 0.2) is 42.5 Å². The molecule has 3 amide bonds. The van der Waals surface area contributed by atoms with E-state index in [1.54, 1.807) is 18.2 Å². The molecule has 1 unspecified atom stereocenters. The molecule has 0 bridgehead atoms. The highest BCUT2D eigenvalue weighted by molar-refractivity contribution is 6.22. The third kappa shape index (κ3) is 3.85. The Morgan fingerprint density at radius 3 is 2.37 bits per heavy atom. The van der Waals surface area contributed by atoms with Crippen molar-refractivity contribution in [3.63, 3.8) is 0 Å². The first-order valence-corrected chi connectivity index (χ1v) is 12.2. The first-order valence-electron chi connectivity index (χ1n) is 12.2. The molecule has 5 rings (SSSR count). The molecular weight excluding hydrogens is 440 g/mol. The molecule has 2 aliphatic heterocycles. The van der Waals surface area contributed by atoms with Gasteiger partial charge in [-0.2, -0.15) is 0 Å². The molecule has 7 heteroatoms. The number of pyridine rings is 1. The van der Waals surface area contributed by atoms with Gasteiger partial charge in [0.1, 0.15) is 5.82 Å². The van der Waals surface area contributed by atoms with E-state index in [0.29, 0.717) is 49.3 Å². The summed E-state index contributed by atoms with van der Waals surface area (Å²) in [4.78, 5) is 49.1. The fraction of sp³-hybridized carbons (Fsp3) is 0.357. The first-order chi connectivity index (χ1) is 16.8. The molecule has 0 radical (unpaired) electrons. The summed E-state index contributed by atoms with van der Waals surface area (Å²) in [6.45, 7) is 10.5. The van der Waals surface area contributed by atoms with Crippen LogP contribution in [0, 0.1) is 13.8 Å². The Bertz CT molecular complexity index is 1360. The monoisotopic (exact) mass is 470 g/mol. The molecule has 2 aliphatic rings. The van der Waals surface area contributed by atoms with Gasteiger partial charge >= 0.3 is 0 Å². The number of aromatic nitrogens is 1. The van der Waals surface area contributed by atoms with Crippen molar-refractivity contribution in [3.8, 4) is 0 Å². The lowest BCUT2D eigenvalue weighted by Gasteiger charge is -2.35. The molecule has 0 saturated carbocycles. The molecule has 3 aromatic rings. The Kier molecular flexibility index (Phi) is 5.79. The summed E-state index contributed by atoms with van der Waals surface area (Å²) in [7, 11) is 0. The van der Waals surface area contributed by atoms with E-state index in [4.69, 9.17) is 4.98 Å². The zero-order chi connectivity index (χ0) is 24.9. The highest BCUT2D eigenvalue weighted by Gasteiger charge is 2.38. The quantitative estimate of drug-likeness (QED) is 0.534. The van der Waals surface area contributed by atoms with Crippen LogP contribution in [-0.4, -0.2) is 64.7 Å². The summed E-state index contributed by atoms with van der Waals surface area (Å²) in [5, 5.41) is 1.17. The number of aryl methyl sites for hydroxylation is 2. The predicted octanol–water partition coefficient (Wildman–Crippen LogP) is 4.21. The minimum absolute atomic E-state index is 0.117. The largest absolute Gasteiger partial charge is 0.353 e. The van der Waals surface area contributed by atoms with Crippen LogP contribution in [0.1, 0.15) is 62.5 Å². The Labute approximate surface area is 205 Å². The second-order valence-electron chi connectivity index (χ2n) is 9.55.